The van der Waals surface area contributed by atoms with Crippen molar-refractivity contribution < 1.29 is 9.72 Å². The van der Waals surface area contributed by atoms with Crippen LogP contribution in [0, 0.1) is 0 Å². The fourth-order valence-corrected chi connectivity index (χ4v) is 5.24. The fourth-order valence-electron chi connectivity index (χ4n) is 3.93. The van der Waals surface area contributed by atoms with Crippen LogP contribution < -0.4 is 9.88 Å². The van der Waals surface area contributed by atoms with E-state index in [0.29, 0.717) is 5.15 Å². The van der Waals surface area contributed by atoms with Gasteiger partial charge in [-0.2, -0.15) is 0 Å². The Labute approximate surface area is 148 Å². The van der Waals surface area contributed by atoms with Crippen molar-refractivity contribution in [2.75, 3.05) is 31.2 Å². The minimum Gasteiger partial charge on any atom is -0.373 e. The van der Waals surface area contributed by atoms with Crippen molar-refractivity contribution in [3.8, 4) is 0 Å². The fraction of sp³-hybridized carbons (Fsp3) is 0.471. The summed E-state index contributed by atoms with van der Waals surface area (Å²) in [5.74, 6) is 1.27. The summed E-state index contributed by atoms with van der Waals surface area (Å²) < 4.78 is 6.51. The lowest BCUT2D eigenvalue weighted by molar-refractivity contribution is -0.328. The second-order valence-electron chi connectivity index (χ2n) is 6.39. The number of pyridine rings is 1. The maximum atomic E-state index is 6.32. The predicted molar refractivity (Wildman–Crippen MR) is 96.2 cm³/mol. The van der Waals surface area contributed by atoms with Gasteiger partial charge in [0.2, 0.25) is 0 Å². The molecule has 3 aromatic heterocycles. The van der Waals surface area contributed by atoms with Crippen LogP contribution in [-0.4, -0.2) is 36.3 Å². The summed E-state index contributed by atoms with van der Waals surface area (Å²) in [6.45, 7) is 3.48. The molecule has 5 rings (SSSR count). The third kappa shape index (κ3) is 2.20. The molecule has 2 aliphatic rings. The Morgan fingerprint density at radius 2 is 1.92 bits per heavy atom. The van der Waals surface area contributed by atoms with Gasteiger partial charge in [0.1, 0.15) is 24.6 Å². The molecule has 0 unspecified atom stereocenters. The zero-order valence-corrected chi connectivity index (χ0v) is 14.8. The number of thiophene rings is 1. The van der Waals surface area contributed by atoms with Gasteiger partial charge in [0, 0.05) is 5.56 Å². The molecular weight excluding hydrogens is 344 g/mol. The Morgan fingerprint density at radius 3 is 2.75 bits per heavy atom. The molecule has 0 bridgehead atoms. The van der Waals surface area contributed by atoms with Crippen molar-refractivity contribution in [1.82, 2.24) is 9.97 Å². The van der Waals surface area contributed by atoms with Crippen molar-refractivity contribution in [3.63, 3.8) is 0 Å². The number of anilines is 1. The summed E-state index contributed by atoms with van der Waals surface area (Å²) in [4.78, 5) is 16.0. The van der Waals surface area contributed by atoms with E-state index in [-0.39, 0.29) is 0 Å². The number of aryl methyl sites for hydroxylation is 1. The van der Waals surface area contributed by atoms with Crippen molar-refractivity contribution >= 4 is 49.2 Å². The molecule has 0 spiro atoms. The topological polar surface area (TPSA) is 52.4 Å². The SMILES string of the molecule is Clc1ncnc2c1sc1[nH+]c(N3CCOCC3)c3c(c12)CCCC3. The highest BCUT2D eigenvalue weighted by atomic mass is 35.5. The molecule has 7 heteroatoms. The summed E-state index contributed by atoms with van der Waals surface area (Å²) in [5.41, 5.74) is 3.92. The first-order valence-electron chi connectivity index (χ1n) is 8.45. The van der Waals surface area contributed by atoms with E-state index in [1.807, 2.05) is 0 Å². The van der Waals surface area contributed by atoms with Crippen LogP contribution in [-0.2, 0) is 17.6 Å². The van der Waals surface area contributed by atoms with Crippen molar-refractivity contribution in [2.24, 2.45) is 0 Å². The van der Waals surface area contributed by atoms with Gasteiger partial charge in [0.15, 0.2) is 4.83 Å². The first-order chi connectivity index (χ1) is 11.8. The van der Waals surface area contributed by atoms with Gasteiger partial charge in [-0.1, -0.05) is 22.9 Å². The quantitative estimate of drug-likeness (QED) is 0.625. The lowest BCUT2D eigenvalue weighted by atomic mass is 9.90. The van der Waals surface area contributed by atoms with E-state index in [4.69, 9.17) is 16.3 Å². The van der Waals surface area contributed by atoms with Gasteiger partial charge in [-0.15, -0.1) is 0 Å². The van der Waals surface area contributed by atoms with Crippen molar-refractivity contribution in [2.45, 2.75) is 25.7 Å². The monoisotopic (exact) mass is 361 g/mol. The number of hydrogen-bond donors (Lipinski definition) is 0. The normalized spacial score (nSPS) is 18.3. The predicted octanol–water partition coefficient (Wildman–Crippen LogP) is 3.03. The molecular formula is C17H18ClN4OS+. The molecule has 1 saturated heterocycles. The Kier molecular flexibility index (Phi) is 3.57. The van der Waals surface area contributed by atoms with Gasteiger partial charge >= 0.3 is 0 Å². The highest BCUT2D eigenvalue weighted by molar-refractivity contribution is 7.25. The number of nitrogens with zero attached hydrogens (tertiary/aromatic N) is 3. The highest BCUT2D eigenvalue weighted by Gasteiger charge is 2.30. The number of rotatable bonds is 1. The van der Waals surface area contributed by atoms with E-state index in [0.717, 1.165) is 54.2 Å². The van der Waals surface area contributed by atoms with Gasteiger partial charge < -0.3 is 4.74 Å². The van der Waals surface area contributed by atoms with E-state index < -0.39 is 0 Å². The van der Waals surface area contributed by atoms with Gasteiger partial charge in [-0.25, -0.2) is 15.0 Å². The lowest BCUT2D eigenvalue weighted by Gasteiger charge is -2.25. The number of H-pyrrole nitrogens is 1. The number of aromatic amines is 1. The number of ether oxygens (including phenoxy) is 1. The van der Waals surface area contributed by atoms with Gasteiger partial charge in [-0.05, 0) is 31.2 Å². The Bertz CT molecular complexity index is 935. The maximum Gasteiger partial charge on any atom is 0.279 e. The standard InChI is InChI=1S/C17H17ClN4OS/c18-15-14-13(19-9-20-15)12-10-3-1-2-4-11(10)16(21-17(12)24-14)22-5-7-23-8-6-22/h9H,1-8H2/p+1. The Hall–Kier alpha value is -1.50. The van der Waals surface area contributed by atoms with Crippen LogP contribution in [0.1, 0.15) is 24.0 Å². The van der Waals surface area contributed by atoms with Crippen LogP contribution in [0.15, 0.2) is 6.33 Å². The number of morpholine rings is 1. The van der Waals surface area contributed by atoms with E-state index in [1.54, 1.807) is 17.7 Å². The largest absolute Gasteiger partial charge is 0.373 e. The molecule has 124 valence electrons. The second kappa shape index (κ2) is 5.79. The molecule has 0 radical (unpaired) electrons. The number of fused-ring (bicyclic) bond motifs is 5. The molecule has 0 aromatic carbocycles. The zero-order valence-electron chi connectivity index (χ0n) is 13.3. The van der Waals surface area contributed by atoms with Gasteiger partial charge in [-0.3, -0.25) is 4.90 Å². The first kappa shape index (κ1) is 14.8. The molecule has 1 aliphatic carbocycles. The second-order valence-corrected chi connectivity index (χ2v) is 7.76. The van der Waals surface area contributed by atoms with E-state index in [1.165, 1.54) is 35.2 Å². The van der Waals surface area contributed by atoms with Crippen LogP contribution in [0.3, 0.4) is 0 Å². The minimum absolute atomic E-state index is 0.548. The summed E-state index contributed by atoms with van der Waals surface area (Å²) in [7, 11) is 0. The smallest absolute Gasteiger partial charge is 0.279 e. The molecule has 1 aliphatic heterocycles. The summed E-state index contributed by atoms with van der Waals surface area (Å²) in [6, 6.07) is 0. The highest BCUT2D eigenvalue weighted by Crippen LogP contribution is 2.40. The summed E-state index contributed by atoms with van der Waals surface area (Å²) in [5, 5.41) is 1.80. The molecule has 5 nitrogen and oxygen atoms in total. The van der Waals surface area contributed by atoms with Crippen molar-refractivity contribution in [1.29, 1.82) is 0 Å². The summed E-state index contributed by atoms with van der Waals surface area (Å²) in [6.07, 6.45) is 6.31. The molecule has 0 amide bonds. The lowest BCUT2D eigenvalue weighted by Crippen LogP contribution is -2.40. The minimum atomic E-state index is 0.548. The van der Waals surface area contributed by atoms with Crippen LogP contribution in [0.2, 0.25) is 5.15 Å². The average molecular weight is 362 g/mol. The van der Waals surface area contributed by atoms with E-state index in [2.05, 4.69) is 19.9 Å². The van der Waals surface area contributed by atoms with Crippen LogP contribution in [0.5, 0.6) is 0 Å². The molecule has 0 saturated carbocycles. The molecule has 4 heterocycles. The third-order valence-corrected chi connectivity index (χ3v) is 6.54. The Morgan fingerprint density at radius 1 is 1.12 bits per heavy atom. The Balaban J connectivity index is 1.82. The van der Waals surface area contributed by atoms with E-state index in [9.17, 15) is 0 Å². The number of halogens is 1. The number of hydrogen-bond acceptors (Lipinski definition) is 5. The van der Waals surface area contributed by atoms with Gasteiger partial charge in [0.25, 0.3) is 5.82 Å². The zero-order chi connectivity index (χ0) is 16.1. The third-order valence-electron chi connectivity index (χ3n) is 5.04. The molecule has 3 aromatic rings. The van der Waals surface area contributed by atoms with Crippen molar-refractivity contribution in [3.05, 3.63) is 22.6 Å². The first-order valence-corrected chi connectivity index (χ1v) is 9.65. The molecule has 24 heavy (non-hydrogen) atoms. The number of aromatic nitrogens is 3. The van der Waals surface area contributed by atoms with Crippen LogP contribution >= 0.6 is 22.9 Å². The molecule has 1 N–H and O–H groups in total. The number of nitrogens with one attached hydrogen (secondary N) is 1. The van der Waals surface area contributed by atoms with E-state index >= 15 is 0 Å². The van der Waals surface area contributed by atoms with Gasteiger partial charge in [0.05, 0.1) is 28.8 Å². The summed E-state index contributed by atoms with van der Waals surface area (Å²) >= 11 is 7.99. The average Bonchev–Trinajstić information content (AvgIpc) is 3.02. The van der Waals surface area contributed by atoms with Crippen LogP contribution in [0.25, 0.3) is 20.4 Å². The van der Waals surface area contributed by atoms with Crippen LogP contribution in [0.4, 0.5) is 5.82 Å². The molecule has 0 atom stereocenters. The maximum absolute atomic E-state index is 6.32. The molecule has 1 fully saturated rings.